The van der Waals surface area contributed by atoms with Gasteiger partial charge in [-0.3, -0.25) is 4.98 Å². The van der Waals surface area contributed by atoms with E-state index in [-0.39, 0.29) is 35.6 Å². The second-order valence-corrected chi connectivity index (χ2v) is 14.3. The highest BCUT2D eigenvalue weighted by Crippen LogP contribution is 2.40. The molecule has 2 aromatic heterocycles. The molecule has 0 spiro atoms. The molecule has 4 aromatic rings. The molecule has 1 saturated heterocycles. The maximum atomic E-state index is 14.5. The summed E-state index contributed by atoms with van der Waals surface area (Å²) in [5.41, 5.74) is 3.06. The lowest BCUT2D eigenvalue weighted by molar-refractivity contribution is 0.252. The van der Waals surface area contributed by atoms with Gasteiger partial charge in [-0.15, -0.1) is 0 Å². The molecule has 0 amide bonds. The molecule has 242 valence electrons. The third-order valence-electron chi connectivity index (χ3n) is 8.76. The number of allylic oxidation sites excluding steroid dienone is 3. The summed E-state index contributed by atoms with van der Waals surface area (Å²) in [6.45, 7) is 5.89. The number of piperazine rings is 1. The number of ether oxygens (including phenoxy) is 1. The molecule has 46 heavy (non-hydrogen) atoms. The summed E-state index contributed by atoms with van der Waals surface area (Å²) >= 11 is 0. The summed E-state index contributed by atoms with van der Waals surface area (Å²) in [6, 6.07) is 11.5. The summed E-state index contributed by atoms with van der Waals surface area (Å²) in [6.07, 6.45) is 9.66. The Morgan fingerprint density at radius 3 is 2.63 bits per heavy atom. The van der Waals surface area contributed by atoms with Crippen LogP contribution in [0.4, 0.5) is 10.1 Å². The number of anilines is 1. The van der Waals surface area contributed by atoms with Gasteiger partial charge in [0.05, 0.1) is 35.9 Å². The third kappa shape index (κ3) is 6.00. The lowest BCUT2D eigenvalue weighted by atomic mass is 9.90. The number of hydrogen-bond acceptors (Lipinski definition) is 9. The van der Waals surface area contributed by atoms with Crippen LogP contribution in [0.25, 0.3) is 27.7 Å². The van der Waals surface area contributed by atoms with Gasteiger partial charge >= 0.3 is 0 Å². The molecule has 12 heteroatoms. The quantitative estimate of drug-likeness (QED) is 0.233. The fourth-order valence-electron chi connectivity index (χ4n) is 5.97. The van der Waals surface area contributed by atoms with Crippen molar-refractivity contribution >= 4 is 32.2 Å². The van der Waals surface area contributed by atoms with Crippen molar-refractivity contribution < 1.29 is 27.8 Å². The molecular formula is C34H38FN5O5S. The van der Waals surface area contributed by atoms with E-state index in [1.807, 2.05) is 24.3 Å². The van der Waals surface area contributed by atoms with Crippen LogP contribution in [-0.4, -0.2) is 88.9 Å². The number of aromatic hydroxyl groups is 1. The average Bonchev–Trinajstić information content (AvgIpc) is 3.48. The van der Waals surface area contributed by atoms with Gasteiger partial charge in [-0.1, -0.05) is 30.4 Å². The SMILES string of the molecule is CN1CCN(c2ccc(C3=CC=CC(C)(S(=O)(=O)n4ncc5cc(-c6c(O)cccc6F)ncc54)C3)cc2OCCCCO)CC1. The van der Waals surface area contributed by atoms with Crippen molar-refractivity contribution in [3.05, 3.63) is 84.5 Å². The second kappa shape index (κ2) is 12.9. The molecule has 1 fully saturated rings. The van der Waals surface area contributed by atoms with Crippen LogP contribution in [0.3, 0.4) is 0 Å². The van der Waals surface area contributed by atoms with Crippen LogP contribution in [0, 0.1) is 5.82 Å². The number of phenolic OH excluding ortho intramolecular Hbond substituents is 1. The molecule has 0 radical (unpaired) electrons. The zero-order chi connectivity index (χ0) is 32.5. The van der Waals surface area contributed by atoms with Gasteiger partial charge in [-0.05, 0) is 74.7 Å². The van der Waals surface area contributed by atoms with E-state index in [1.165, 1.54) is 36.7 Å². The zero-order valence-corrected chi connectivity index (χ0v) is 26.8. The van der Waals surface area contributed by atoms with Crippen molar-refractivity contribution in [1.29, 1.82) is 0 Å². The van der Waals surface area contributed by atoms with E-state index in [2.05, 4.69) is 26.9 Å². The monoisotopic (exact) mass is 647 g/mol. The molecular weight excluding hydrogens is 609 g/mol. The Bertz CT molecular complexity index is 1900. The van der Waals surface area contributed by atoms with Crippen LogP contribution in [-0.2, 0) is 10.0 Å². The van der Waals surface area contributed by atoms with Crippen molar-refractivity contribution in [3.8, 4) is 22.8 Å². The van der Waals surface area contributed by atoms with E-state index >= 15 is 0 Å². The fourth-order valence-corrected chi connectivity index (χ4v) is 7.54. The van der Waals surface area contributed by atoms with Crippen LogP contribution in [0.2, 0.25) is 0 Å². The highest BCUT2D eigenvalue weighted by Gasteiger charge is 2.42. The minimum Gasteiger partial charge on any atom is -0.507 e. The molecule has 2 aliphatic rings. The largest absolute Gasteiger partial charge is 0.507 e. The summed E-state index contributed by atoms with van der Waals surface area (Å²) < 4.78 is 48.8. The van der Waals surface area contributed by atoms with Gasteiger partial charge in [0.2, 0.25) is 0 Å². The molecule has 3 heterocycles. The number of fused-ring (bicyclic) bond motifs is 1. The van der Waals surface area contributed by atoms with Gasteiger partial charge in [-0.2, -0.15) is 9.19 Å². The number of hydrogen-bond donors (Lipinski definition) is 2. The van der Waals surface area contributed by atoms with Crippen LogP contribution in [0.5, 0.6) is 11.5 Å². The smallest absolute Gasteiger partial charge is 0.263 e. The number of aliphatic hydroxyl groups excluding tert-OH is 1. The highest BCUT2D eigenvalue weighted by molar-refractivity contribution is 7.91. The Morgan fingerprint density at radius 1 is 1.07 bits per heavy atom. The molecule has 10 nitrogen and oxygen atoms in total. The molecule has 2 N–H and O–H groups in total. The third-order valence-corrected chi connectivity index (χ3v) is 11.0. The maximum absolute atomic E-state index is 14.5. The Labute approximate surface area is 268 Å². The van der Waals surface area contributed by atoms with Gasteiger partial charge in [0, 0.05) is 38.2 Å². The van der Waals surface area contributed by atoms with Gasteiger partial charge < -0.3 is 24.7 Å². The first-order chi connectivity index (χ1) is 22.1. The van der Waals surface area contributed by atoms with Crippen molar-refractivity contribution in [2.24, 2.45) is 0 Å². The number of aromatic nitrogens is 3. The van der Waals surface area contributed by atoms with E-state index in [0.717, 1.165) is 59.3 Å². The second-order valence-electron chi connectivity index (χ2n) is 12.0. The normalized spacial score (nSPS) is 19.0. The van der Waals surface area contributed by atoms with Crippen LogP contribution in [0.15, 0.2) is 73.1 Å². The Balaban J connectivity index is 1.29. The zero-order valence-electron chi connectivity index (χ0n) is 25.9. The van der Waals surface area contributed by atoms with E-state index < -0.39 is 20.6 Å². The van der Waals surface area contributed by atoms with Crippen LogP contribution < -0.4 is 9.64 Å². The van der Waals surface area contributed by atoms with Crippen LogP contribution >= 0.6 is 0 Å². The predicted molar refractivity (Wildman–Crippen MR) is 177 cm³/mol. The Kier molecular flexibility index (Phi) is 8.86. The molecule has 1 aliphatic carbocycles. The summed E-state index contributed by atoms with van der Waals surface area (Å²) in [5, 5.41) is 24.1. The Morgan fingerprint density at radius 2 is 1.87 bits per heavy atom. The molecule has 0 saturated carbocycles. The van der Waals surface area contributed by atoms with E-state index in [1.54, 1.807) is 19.1 Å². The van der Waals surface area contributed by atoms with Gasteiger partial charge in [-0.25, -0.2) is 12.8 Å². The number of pyridine rings is 1. The van der Waals surface area contributed by atoms with Crippen molar-refractivity contribution in [1.82, 2.24) is 19.1 Å². The van der Waals surface area contributed by atoms with E-state index in [4.69, 9.17) is 4.74 Å². The van der Waals surface area contributed by atoms with Gasteiger partial charge in [0.25, 0.3) is 10.0 Å². The first-order valence-electron chi connectivity index (χ1n) is 15.4. The number of phenols is 1. The van der Waals surface area contributed by atoms with E-state index in [0.29, 0.717) is 18.4 Å². The maximum Gasteiger partial charge on any atom is 0.263 e. The van der Waals surface area contributed by atoms with Crippen molar-refractivity contribution in [3.63, 3.8) is 0 Å². The fraction of sp³-hybridized carbons (Fsp3) is 0.353. The first kappa shape index (κ1) is 31.7. The van der Waals surface area contributed by atoms with Gasteiger partial charge in [0.1, 0.15) is 27.6 Å². The highest BCUT2D eigenvalue weighted by atomic mass is 32.2. The summed E-state index contributed by atoms with van der Waals surface area (Å²) in [5.74, 6) is -0.163. The average molecular weight is 648 g/mol. The standard InChI is InChI=1S/C34H38FN5O5S/c1-34(46(43,44)40-30-23-36-28(19-26(30)22-37-40)33-27(35)8-5-9-31(33)42)12-6-7-25(21-34)24-10-11-29(39-15-13-38(2)14-16-39)32(20-24)45-18-4-3-17-41/h5-12,19-20,22-23,41-42H,3-4,13-18,21H2,1-2H3. The molecule has 6 rings (SSSR count). The van der Waals surface area contributed by atoms with Crippen molar-refractivity contribution in [2.75, 3.05) is 51.3 Å². The number of likely N-dealkylation sites (N-methyl/N-ethyl adjacent to an activating group) is 1. The molecule has 2 aromatic carbocycles. The number of nitrogens with zero attached hydrogens (tertiary/aromatic N) is 5. The molecule has 1 aliphatic heterocycles. The summed E-state index contributed by atoms with van der Waals surface area (Å²) in [4.78, 5) is 8.88. The number of halogens is 1. The van der Waals surface area contributed by atoms with Gasteiger partial charge in [0.15, 0.2) is 0 Å². The van der Waals surface area contributed by atoms with Crippen LogP contribution in [0.1, 0.15) is 31.7 Å². The molecule has 0 bridgehead atoms. The summed E-state index contributed by atoms with van der Waals surface area (Å²) in [7, 11) is -1.98. The number of aliphatic hydroxyl groups is 1. The Hall–Kier alpha value is -4.26. The molecule has 1 unspecified atom stereocenters. The van der Waals surface area contributed by atoms with E-state index in [9.17, 15) is 23.0 Å². The first-order valence-corrected chi connectivity index (χ1v) is 16.8. The molecule has 1 atom stereocenters. The lowest BCUT2D eigenvalue weighted by Gasteiger charge is -2.35. The lowest BCUT2D eigenvalue weighted by Crippen LogP contribution is -2.44. The predicted octanol–water partition coefficient (Wildman–Crippen LogP) is 4.83. The number of unbranched alkanes of at least 4 members (excludes halogenated alkanes) is 1. The minimum absolute atomic E-state index is 0.0626. The number of benzene rings is 2. The topological polar surface area (TPSA) is 121 Å². The van der Waals surface area contributed by atoms with Crippen molar-refractivity contribution in [2.45, 2.75) is 30.9 Å². The number of rotatable bonds is 10. The minimum atomic E-state index is -4.09.